The minimum absolute atomic E-state index is 0.822. The van der Waals surface area contributed by atoms with Crippen LogP contribution in [0.25, 0.3) is 0 Å². The van der Waals surface area contributed by atoms with Gasteiger partial charge >= 0.3 is 7.32 Å². The van der Waals surface area contributed by atoms with Crippen molar-refractivity contribution in [2.45, 2.75) is 0 Å². The molecular formula is C6H10BNO5. The highest BCUT2D eigenvalue weighted by Gasteiger charge is 2.12. The lowest BCUT2D eigenvalue weighted by Crippen LogP contribution is -2.18. The smallest absolute Gasteiger partial charge is 0.399 e. The number of hydrogen-bond acceptors (Lipinski definition) is 6. The number of rotatable bonds is 2. The van der Waals surface area contributed by atoms with Gasteiger partial charge < -0.3 is 10.8 Å². The molecule has 0 aliphatic heterocycles. The molecule has 13 heavy (non-hydrogen) atoms. The number of benzene rings is 1. The zero-order chi connectivity index (χ0) is 10.1. The van der Waals surface area contributed by atoms with Gasteiger partial charge in [-0.25, -0.2) is 9.61 Å². The first-order valence-electron chi connectivity index (χ1n) is 3.29. The zero-order valence-electron chi connectivity index (χ0n) is 6.70. The van der Waals surface area contributed by atoms with E-state index in [0.717, 1.165) is 5.69 Å². The maximum atomic E-state index is 7.72. The topological polar surface area (TPSA) is 105 Å². The minimum Gasteiger partial charge on any atom is -0.399 e. The summed E-state index contributed by atoms with van der Waals surface area (Å²) in [6.07, 6.45) is 0. The van der Waals surface area contributed by atoms with Crippen LogP contribution in [-0.2, 0) is 9.61 Å². The average molecular weight is 187 g/mol. The van der Waals surface area contributed by atoms with E-state index in [1.54, 1.807) is 0 Å². The Kier molecular flexibility index (Phi) is 6.88. The van der Waals surface area contributed by atoms with E-state index in [0.29, 0.717) is 0 Å². The van der Waals surface area contributed by atoms with E-state index in [1.807, 2.05) is 30.3 Å². The molecule has 0 amide bonds. The van der Waals surface area contributed by atoms with Crippen LogP contribution < -0.4 is 5.73 Å². The predicted octanol–water partition coefficient (Wildman–Crippen LogP) is 0.212. The van der Waals surface area contributed by atoms with Gasteiger partial charge in [0.05, 0.1) is 0 Å². The van der Waals surface area contributed by atoms with E-state index < -0.39 is 7.32 Å². The average Bonchev–Trinajstić information content (AvgIpc) is 2.19. The largest absolute Gasteiger partial charge is 0.693 e. The highest BCUT2D eigenvalue weighted by Crippen LogP contribution is 1.95. The molecule has 7 heteroatoms. The van der Waals surface area contributed by atoms with E-state index in [9.17, 15) is 0 Å². The highest BCUT2D eigenvalue weighted by atomic mass is 17.2. The maximum absolute atomic E-state index is 7.72. The summed E-state index contributed by atoms with van der Waals surface area (Å²) in [5.74, 6) is 0. The van der Waals surface area contributed by atoms with Crippen LogP contribution in [0.2, 0.25) is 0 Å². The molecular weight excluding hydrogens is 177 g/mol. The Morgan fingerprint density at radius 2 is 1.54 bits per heavy atom. The van der Waals surface area contributed by atoms with Gasteiger partial charge in [-0.1, -0.05) is 18.2 Å². The normalized spacial score (nSPS) is 8.54. The van der Waals surface area contributed by atoms with Crippen LogP contribution >= 0.6 is 0 Å². The Balaban J connectivity index is 0.000000226. The molecule has 1 rings (SSSR count). The summed E-state index contributed by atoms with van der Waals surface area (Å²) in [6.45, 7) is 0. The molecule has 1 aromatic rings. The molecule has 0 aromatic heterocycles. The van der Waals surface area contributed by atoms with Gasteiger partial charge in [0.15, 0.2) is 0 Å². The number of nitrogen functional groups attached to an aromatic ring is 1. The van der Waals surface area contributed by atoms with Gasteiger partial charge in [-0.2, -0.15) is 0 Å². The lowest BCUT2D eigenvalue weighted by Gasteiger charge is -1.89. The third-order valence-corrected chi connectivity index (χ3v) is 0.980. The van der Waals surface area contributed by atoms with Crippen LogP contribution in [0.1, 0.15) is 0 Å². The van der Waals surface area contributed by atoms with Crippen LogP contribution in [0.15, 0.2) is 30.3 Å². The Labute approximate surface area is 75.2 Å². The standard InChI is InChI=1S/C6H7N.BH3O5/c7-6-4-2-1-3-5-6;2-1(5-3)6-4/h1-5H,7H2;2-4H. The van der Waals surface area contributed by atoms with Crippen molar-refractivity contribution in [1.29, 1.82) is 0 Å². The van der Waals surface area contributed by atoms with Crippen molar-refractivity contribution in [2.24, 2.45) is 0 Å². The fourth-order valence-electron chi connectivity index (χ4n) is 0.472. The molecule has 0 radical (unpaired) electrons. The molecule has 6 nitrogen and oxygen atoms in total. The van der Waals surface area contributed by atoms with Crippen LogP contribution in [0.5, 0.6) is 0 Å². The van der Waals surface area contributed by atoms with Crippen molar-refractivity contribution in [2.75, 3.05) is 5.73 Å². The van der Waals surface area contributed by atoms with Crippen molar-refractivity contribution in [1.82, 2.24) is 0 Å². The Morgan fingerprint density at radius 1 is 1.08 bits per heavy atom. The van der Waals surface area contributed by atoms with Gasteiger partial charge in [-0.05, 0) is 12.1 Å². The molecule has 0 saturated carbocycles. The first-order valence-corrected chi connectivity index (χ1v) is 3.29. The monoisotopic (exact) mass is 187 g/mol. The molecule has 0 heterocycles. The van der Waals surface area contributed by atoms with Crippen LogP contribution in [0.3, 0.4) is 0 Å². The first-order chi connectivity index (χ1) is 6.20. The quantitative estimate of drug-likeness (QED) is 0.228. The van der Waals surface area contributed by atoms with E-state index in [2.05, 4.69) is 9.61 Å². The first kappa shape index (κ1) is 11.9. The van der Waals surface area contributed by atoms with Crippen LogP contribution in [-0.4, -0.2) is 22.9 Å². The number of nitrogens with two attached hydrogens (primary N) is 1. The minimum atomic E-state index is -1.95. The summed E-state index contributed by atoms with van der Waals surface area (Å²) in [5.41, 5.74) is 6.18. The van der Waals surface area contributed by atoms with E-state index >= 15 is 0 Å². The molecule has 0 saturated heterocycles. The van der Waals surface area contributed by atoms with Gasteiger partial charge in [0, 0.05) is 5.69 Å². The molecule has 0 bridgehead atoms. The molecule has 0 spiro atoms. The predicted molar refractivity (Wildman–Crippen MR) is 46.3 cm³/mol. The molecule has 0 aliphatic rings. The second-order valence-corrected chi connectivity index (χ2v) is 1.93. The summed E-state index contributed by atoms with van der Waals surface area (Å²) in [7, 11) is -1.95. The Bertz CT molecular complexity index is 205. The molecule has 0 aliphatic carbocycles. The molecule has 0 fully saturated rings. The second kappa shape index (κ2) is 7.53. The number of hydrogen-bond donors (Lipinski definition) is 4. The zero-order valence-corrected chi connectivity index (χ0v) is 6.70. The fourth-order valence-corrected chi connectivity index (χ4v) is 0.472. The van der Waals surface area contributed by atoms with Gasteiger partial charge in [0.1, 0.15) is 0 Å². The molecule has 72 valence electrons. The fraction of sp³-hybridized carbons (Fsp3) is 0. The Morgan fingerprint density at radius 3 is 1.69 bits per heavy atom. The number of anilines is 1. The van der Waals surface area contributed by atoms with Gasteiger partial charge in [-0.15, -0.1) is 0 Å². The van der Waals surface area contributed by atoms with E-state index in [-0.39, 0.29) is 0 Å². The van der Waals surface area contributed by atoms with Crippen LogP contribution in [0.4, 0.5) is 5.69 Å². The molecule has 5 N–H and O–H groups in total. The van der Waals surface area contributed by atoms with Gasteiger partial charge in [0.2, 0.25) is 0 Å². The molecule has 1 aromatic carbocycles. The van der Waals surface area contributed by atoms with Crippen molar-refractivity contribution < 1.29 is 25.1 Å². The van der Waals surface area contributed by atoms with E-state index in [1.165, 1.54) is 0 Å². The van der Waals surface area contributed by atoms with Gasteiger partial charge in [-0.3, -0.25) is 10.5 Å². The summed E-state index contributed by atoms with van der Waals surface area (Å²) >= 11 is 0. The summed E-state index contributed by atoms with van der Waals surface area (Å²) < 4.78 is 0. The van der Waals surface area contributed by atoms with Gasteiger partial charge in [0.25, 0.3) is 0 Å². The molecule has 0 unspecified atom stereocenters. The van der Waals surface area contributed by atoms with E-state index in [4.69, 9.17) is 21.3 Å². The lowest BCUT2D eigenvalue weighted by atomic mass is 10.3. The third-order valence-electron chi connectivity index (χ3n) is 0.980. The summed E-state index contributed by atoms with van der Waals surface area (Å²) in [6, 6.07) is 9.49. The van der Waals surface area contributed by atoms with Crippen molar-refractivity contribution in [3.8, 4) is 0 Å². The second-order valence-electron chi connectivity index (χ2n) is 1.93. The maximum Gasteiger partial charge on any atom is 0.693 e. The lowest BCUT2D eigenvalue weighted by molar-refractivity contribution is -0.245. The summed E-state index contributed by atoms with van der Waals surface area (Å²) in [5, 5.41) is 22.3. The van der Waals surface area contributed by atoms with Crippen molar-refractivity contribution >= 4 is 13.0 Å². The van der Waals surface area contributed by atoms with Crippen LogP contribution in [0, 0.1) is 0 Å². The van der Waals surface area contributed by atoms with Crippen molar-refractivity contribution in [3.05, 3.63) is 30.3 Å². The highest BCUT2D eigenvalue weighted by molar-refractivity contribution is 6.33. The third kappa shape index (κ3) is 7.25. The number of para-hydroxylation sites is 1. The molecule has 0 atom stereocenters. The Hall–Kier alpha value is -1.12. The summed E-state index contributed by atoms with van der Waals surface area (Å²) in [4.78, 5) is 5.97. The SMILES string of the molecule is Nc1ccccc1.OOB(O)OO. The van der Waals surface area contributed by atoms with Crippen molar-refractivity contribution in [3.63, 3.8) is 0 Å².